The third kappa shape index (κ3) is 5.04. The summed E-state index contributed by atoms with van der Waals surface area (Å²) in [7, 11) is -3.69. The third-order valence-corrected chi connectivity index (χ3v) is 4.13. The fraction of sp³-hybridized carbons (Fsp3) is 0.200. The summed E-state index contributed by atoms with van der Waals surface area (Å²) in [6.45, 7) is 0.346. The third-order valence-electron chi connectivity index (χ3n) is 3.20. The molecule has 23 heavy (non-hydrogen) atoms. The number of sulfonamides is 1. The summed E-state index contributed by atoms with van der Waals surface area (Å²) in [5, 5.41) is 7.73. The molecule has 0 saturated heterocycles. The van der Waals surface area contributed by atoms with E-state index in [1.807, 2.05) is 0 Å². The van der Waals surface area contributed by atoms with Gasteiger partial charge in [0.05, 0.1) is 4.90 Å². The van der Waals surface area contributed by atoms with Crippen molar-refractivity contribution in [2.75, 3.05) is 6.54 Å². The minimum atomic E-state index is -3.69. The maximum atomic E-state index is 11.8. The first-order chi connectivity index (χ1) is 10.9. The van der Waals surface area contributed by atoms with Crippen LogP contribution in [0.1, 0.15) is 5.56 Å². The molecule has 0 spiro atoms. The van der Waals surface area contributed by atoms with Crippen LogP contribution in [0.2, 0.25) is 0 Å². The van der Waals surface area contributed by atoms with Crippen LogP contribution >= 0.6 is 0 Å². The summed E-state index contributed by atoms with van der Waals surface area (Å²) >= 11 is 0. The van der Waals surface area contributed by atoms with Gasteiger partial charge in [-0.15, -0.1) is 0 Å². The Morgan fingerprint density at radius 2 is 1.83 bits per heavy atom. The molecule has 0 aliphatic heterocycles. The van der Waals surface area contributed by atoms with Crippen LogP contribution < -0.4 is 16.0 Å². The van der Waals surface area contributed by atoms with Gasteiger partial charge in [0, 0.05) is 18.8 Å². The van der Waals surface area contributed by atoms with E-state index in [4.69, 9.17) is 5.14 Å². The van der Waals surface area contributed by atoms with Gasteiger partial charge in [-0.3, -0.25) is 9.59 Å². The molecular weight excluding hydrogens is 318 g/mol. The van der Waals surface area contributed by atoms with Gasteiger partial charge in [-0.05, 0) is 30.2 Å². The molecule has 0 unspecified atom stereocenters. The molecule has 0 saturated carbocycles. The molecule has 1 amide bonds. The lowest BCUT2D eigenvalue weighted by Crippen LogP contribution is -2.32. The highest BCUT2D eigenvalue weighted by atomic mass is 32.2. The van der Waals surface area contributed by atoms with Crippen molar-refractivity contribution in [3.8, 4) is 0 Å². The number of hydrogen-bond donors (Lipinski definition) is 2. The van der Waals surface area contributed by atoms with E-state index < -0.39 is 10.0 Å². The molecule has 0 fully saturated rings. The lowest BCUT2D eigenvalue weighted by Gasteiger charge is -2.07. The number of pyridine rings is 1. The smallest absolute Gasteiger partial charge is 0.250 e. The molecule has 0 bridgehead atoms. The van der Waals surface area contributed by atoms with E-state index in [2.05, 4.69) is 5.32 Å². The molecule has 2 rings (SSSR count). The zero-order valence-corrected chi connectivity index (χ0v) is 13.1. The molecule has 0 radical (unpaired) electrons. The molecule has 3 N–H and O–H groups in total. The average Bonchev–Trinajstić information content (AvgIpc) is 2.49. The number of benzene rings is 1. The summed E-state index contributed by atoms with van der Waals surface area (Å²) in [6.07, 6.45) is 2.09. The first-order valence-corrected chi connectivity index (χ1v) is 8.45. The molecule has 7 nitrogen and oxygen atoms in total. The Hall–Kier alpha value is -2.45. The van der Waals surface area contributed by atoms with Crippen LogP contribution in [0.25, 0.3) is 0 Å². The summed E-state index contributed by atoms with van der Waals surface area (Å²) in [5.74, 6) is -0.264. The van der Waals surface area contributed by atoms with Gasteiger partial charge < -0.3 is 9.88 Å². The van der Waals surface area contributed by atoms with E-state index in [1.54, 1.807) is 30.5 Å². The molecule has 0 aliphatic rings. The van der Waals surface area contributed by atoms with Crippen LogP contribution in [0, 0.1) is 0 Å². The Balaban J connectivity index is 1.84. The number of hydrogen-bond acceptors (Lipinski definition) is 4. The van der Waals surface area contributed by atoms with Crippen molar-refractivity contribution in [2.24, 2.45) is 5.14 Å². The number of nitrogens with zero attached hydrogens (tertiary/aromatic N) is 1. The highest BCUT2D eigenvalue weighted by Gasteiger charge is 2.07. The van der Waals surface area contributed by atoms with Crippen molar-refractivity contribution < 1.29 is 13.2 Å². The van der Waals surface area contributed by atoms with Gasteiger partial charge in [0.15, 0.2) is 0 Å². The van der Waals surface area contributed by atoms with E-state index in [0.717, 1.165) is 5.56 Å². The van der Waals surface area contributed by atoms with Gasteiger partial charge in [0.25, 0.3) is 5.56 Å². The summed E-state index contributed by atoms with van der Waals surface area (Å²) in [4.78, 5) is 23.3. The van der Waals surface area contributed by atoms with Crippen molar-refractivity contribution in [1.82, 2.24) is 9.88 Å². The highest BCUT2D eigenvalue weighted by molar-refractivity contribution is 7.89. The van der Waals surface area contributed by atoms with Gasteiger partial charge in [-0.1, -0.05) is 18.2 Å². The van der Waals surface area contributed by atoms with Gasteiger partial charge in [-0.2, -0.15) is 0 Å². The average molecular weight is 335 g/mol. The van der Waals surface area contributed by atoms with Gasteiger partial charge in [0.2, 0.25) is 15.9 Å². The standard InChI is InChI=1S/C15H17N3O4S/c16-23(21,22)13-6-4-12(5-7-13)8-9-17-14(19)11-18-10-2-1-3-15(18)20/h1-7,10H,8-9,11H2,(H,17,19)(H2,16,21,22). The Bertz CT molecular complexity index is 842. The largest absolute Gasteiger partial charge is 0.354 e. The van der Waals surface area contributed by atoms with Crippen molar-refractivity contribution in [1.29, 1.82) is 0 Å². The molecule has 0 aliphatic carbocycles. The maximum absolute atomic E-state index is 11.8. The Morgan fingerprint density at radius 3 is 2.43 bits per heavy atom. The zero-order valence-electron chi connectivity index (χ0n) is 12.3. The quantitative estimate of drug-likeness (QED) is 0.765. The van der Waals surface area contributed by atoms with E-state index in [-0.39, 0.29) is 22.9 Å². The lowest BCUT2D eigenvalue weighted by atomic mass is 10.1. The fourth-order valence-corrected chi connectivity index (χ4v) is 2.51. The van der Waals surface area contributed by atoms with Crippen molar-refractivity contribution in [3.63, 3.8) is 0 Å². The minimum absolute atomic E-state index is 0.0377. The van der Waals surface area contributed by atoms with Crippen molar-refractivity contribution in [3.05, 3.63) is 64.6 Å². The molecule has 1 aromatic carbocycles. The van der Waals surface area contributed by atoms with Crippen LogP contribution in [0.4, 0.5) is 0 Å². The predicted octanol–water partition coefficient (Wildman–Crippen LogP) is -0.145. The van der Waals surface area contributed by atoms with Crippen LogP contribution in [0.3, 0.4) is 0 Å². The molecule has 8 heteroatoms. The lowest BCUT2D eigenvalue weighted by molar-refractivity contribution is -0.121. The Morgan fingerprint density at radius 1 is 1.13 bits per heavy atom. The fourth-order valence-electron chi connectivity index (χ4n) is 1.99. The molecule has 2 aromatic rings. The van der Waals surface area contributed by atoms with Crippen molar-refractivity contribution in [2.45, 2.75) is 17.9 Å². The second-order valence-corrected chi connectivity index (χ2v) is 6.52. The molecule has 122 valence electrons. The second kappa shape index (κ2) is 7.21. The van der Waals surface area contributed by atoms with E-state index in [1.165, 1.54) is 22.8 Å². The predicted molar refractivity (Wildman–Crippen MR) is 85.2 cm³/mol. The number of carbonyl (C=O) groups is 1. The summed E-state index contributed by atoms with van der Waals surface area (Å²) < 4.78 is 23.6. The van der Waals surface area contributed by atoms with Crippen molar-refractivity contribution >= 4 is 15.9 Å². The first kappa shape index (κ1) is 16.9. The Kier molecular flexibility index (Phi) is 5.30. The highest BCUT2D eigenvalue weighted by Crippen LogP contribution is 2.08. The number of carbonyl (C=O) groups excluding carboxylic acids is 1. The minimum Gasteiger partial charge on any atom is -0.354 e. The molecule has 0 atom stereocenters. The summed E-state index contributed by atoms with van der Waals surface area (Å²) in [6, 6.07) is 10.8. The second-order valence-electron chi connectivity index (χ2n) is 4.96. The number of primary sulfonamides is 1. The summed E-state index contributed by atoms with van der Waals surface area (Å²) in [5.41, 5.74) is 0.635. The molecule has 1 aromatic heterocycles. The van der Waals surface area contributed by atoms with E-state index in [0.29, 0.717) is 13.0 Å². The Labute approximate surface area is 133 Å². The van der Waals surface area contributed by atoms with Gasteiger partial charge in [-0.25, -0.2) is 13.6 Å². The number of amides is 1. The monoisotopic (exact) mass is 335 g/mol. The number of nitrogens with two attached hydrogens (primary N) is 1. The van der Waals surface area contributed by atoms with Gasteiger partial charge >= 0.3 is 0 Å². The normalized spacial score (nSPS) is 11.2. The van der Waals surface area contributed by atoms with Crippen LogP contribution in [-0.2, 0) is 27.8 Å². The SMILES string of the molecule is NS(=O)(=O)c1ccc(CCNC(=O)Cn2ccccc2=O)cc1. The number of rotatable bonds is 6. The van der Waals surface area contributed by atoms with Crippen LogP contribution in [0.5, 0.6) is 0 Å². The zero-order chi connectivity index (χ0) is 16.9. The maximum Gasteiger partial charge on any atom is 0.250 e. The topological polar surface area (TPSA) is 111 Å². The van der Waals surface area contributed by atoms with E-state index in [9.17, 15) is 18.0 Å². The first-order valence-electron chi connectivity index (χ1n) is 6.90. The molecule has 1 heterocycles. The van der Waals surface area contributed by atoms with Gasteiger partial charge in [0.1, 0.15) is 6.54 Å². The van der Waals surface area contributed by atoms with Crippen LogP contribution in [0.15, 0.2) is 58.4 Å². The van der Waals surface area contributed by atoms with Crippen LogP contribution in [-0.4, -0.2) is 25.4 Å². The van der Waals surface area contributed by atoms with E-state index >= 15 is 0 Å². The molecular formula is C15H17N3O4S. The number of nitrogens with one attached hydrogen (secondary N) is 1. The number of aromatic nitrogens is 1.